The van der Waals surface area contributed by atoms with Gasteiger partial charge >= 0.3 is 0 Å². The molecule has 4 heteroatoms. The largest absolute Gasteiger partial charge is 0.260 e. The lowest BCUT2D eigenvalue weighted by Crippen LogP contribution is -1.57. The van der Waals surface area contributed by atoms with Gasteiger partial charge in [-0.3, -0.25) is 15.8 Å². The summed E-state index contributed by atoms with van der Waals surface area (Å²) in [6.07, 6.45) is 0. The number of nitrogens with one attached hydrogen (secondary N) is 2. The molecule has 0 atom stereocenters. The molecule has 3 nitrogen and oxygen atoms in total. The zero-order valence-electron chi connectivity index (χ0n) is 2.02. The predicted molar refractivity (Wildman–Crippen MR) is 16.5 cm³/mol. The first-order valence-corrected chi connectivity index (χ1v) is 2.12. The van der Waals surface area contributed by atoms with Crippen LogP contribution in [0, 0.1) is 10.3 Å². The molecule has 4 heavy (non-hydrogen) atoms. The second kappa shape index (κ2) is 1.21. The highest BCUT2D eigenvalue weighted by atomic mass is 31.1. The molecule has 0 aromatic heterocycles. The Labute approximate surface area is 24.7 Å². The van der Waals surface area contributed by atoms with Crippen LogP contribution >= 0.6 is 7.66 Å². The monoisotopic (exact) mass is 77.0 g/mol. The Morgan fingerprint density at radius 3 is 1.50 bits per heavy atom. The van der Waals surface area contributed by atoms with Gasteiger partial charge in [0.2, 0.25) is 0 Å². The molecular formula is H4N3P. The van der Waals surface area contributed by atoms with Crippen LogP contribution in [0.1, 0.15) is 0 Å². The molecule has 0 aliphatic carbocycles. The van der Waals surface area contributed by atoms with Crippen molar-refractivity contribution in [3.05, 3.63) is 0 Å². The summed E-state index contributed by atoms with van der Waals surface area (Å²) in [6.45, 7) is 0. The summed E-state index contributed by atoms with van der Waals surface area (Å²) in [5, 5.41) is 12.2. The van der Waals surface area contributed by atoms with E-state index in [1.807, 2.05) is 0 Å². The van der Waals surface area contributed by atoms with Gasteiger partial charge in [0.1, 0.15) is 7.66 Å². The Hall–Kier alpha value is -0.140. The van der Waals surface area contributed by atoms with Gasteiger partial charge in [0, 0.05) is 0 Å². The lowest BCUT2D eigenvalue weighted by Gasteiger charge is -1.49. The fourth-order valence-corrected chi connectivity index (χ4v) is 0. The maximum Gasteiger partial charge on any atom is 0.126 e. The molecule has 0 saturated carbocycles. The van der Waals surface area contributed by atoms with Crippen molar-refractivity contribution in [3.8, 4) is 0 Å². The summed E-state index contributed by atoms with van der Waals surface area (Å²) in [4.78, 5) is 0. The van der Waals surface area contributed by atoms with E-state index in [4.69, 9.17) is 10.3 Å². The molecule has 0 aromatic rings. The molecule has 0 aliphatic rings. The summed E-state index contributed by atoms with van der Waals surface area (Å²) < 4.78 is 0. The van der Waals surface area contributed by atoms with Gasteiger partial charge in [-0.15, -0.1) is 0 Å². The fourth-order valence-electron chi connectivity index (χ4n) is 0. The zero-order chi connectivity index (χ0) is 3.58. The Morgan fingerprint density at radius 2 is 1.50 bits per heavy atom. The number of rotatable bonds is 0. The molecule has 0 rings (SSSR count). The average molecular weight is 77.0 g/mol. The molecule has 0 amide bonds. The van der Waals surface area contributed by atoms with Crippen molar-refractivity contribution in [3.63, 3.8) is 0 Å². The van der Waals surface area contributed by atoms with Gasteiger partial charge in [-0.05, 0) is 0 Å². The van der Waals surface area contributed by atoms with Crippen LogP contribution in [-0.2, 0) is 0 Å². The van der Waals surface area contributed by atoms with E-state index in [-0.39, 0.29) is 0 Å². The van der Waals surface area contributed by atoms with Crippen LogP contribution in [0.4, 0.5) is 0 Å². The van der Waals surface area contributed by atoms with Crippen LogP contribution < -0.4 is 5.50 Å². The van der Waals surface area contributed by atoms with E-state index in [0.717, 1.165) is 0 Å². The first-order chi connectivity index (χ1) is 1.73. The molecule has 4 N–H and O–H groups in total. The Kier molecular flexibility index (Phi) is 1.17. The van der Waals surface area contributed by atoms with E-state index in [9.17, 15) is 0 Å². The van der Waals surface area contributed by atoms with Gasteiger partial charge in [-0.2, -0.15) is 0 Å². The topological polar surface area (TPSA) is 73.7 Å². The van der Waals surface area contributed by atoms with Gasteiger partial charge in [-0.1, -0.05) is 0 Å². The number of nitrogens with two attached hydrogens (primary N) is 1. The Balaban J connectivity index is 3.51. The maximum absolute atomic E-state index is 6.09. The van der Waals surface area contributed by atoms with Crippen molar-refractivity contribution in [2.75, 3.05) is 0 Å². The molecule has 0 aliphatic heterocycles. The van der Waals surface area contributed by atoms with Crippen LogP contribution in [0.2, 0.25) is 0 Å². The minimum absolute atomic E-state index is 1.62. The van der Waals surface area contributed by atoms with Gasteiger partial charge in [0.15, 0.2) is 0 Å². The summed E-state index contributed by atoms with van der Waals surface area (Å²) in [7, 11) is -1.62. The lowest BCUT2D eigenvalue weighted by atomic mass is 13.9. The third-order valence-corrected chi connectivity index (χ3v) is 0. The quantitative estimate of drug-likeness (QED) is 0.368. The molecule has 0 aromatic carbocycles. The van der Waals surface area contributed by atoms with Crippen LogP contribution in [-0.4, -0.2) is 0 Å². The van der Waals surface area contributed by atoms with Crippen molar-refractivity contribution in [1.82, 2.24) is 0 Å². The highest BCUT2D eigenvalue weighted by Gasteiger charge is 1.36. The summed E-state index contributed by atoms with van der Waals surface area (Å²) in [5.41, 5.74) is 4.51. The molecule has 0 bridgehead atoms. The SMILES string of the molecule is N=P(=N)N. The van der Waals surface area contributed by atoms with Crippen molar-refractivity contribution in [2.24, 2.45) is 5.50 Å². The van der Waals surface area contributed by atoms with E-state index in [1.54, 1.807) is 0 Å². The van der Waals surface area contributed by atoms with E-state index in [0.29, 0.717) is 0 Å². The van der Waals surface area contributed by atoms with Crippen molar-refractivity contribution in [2.45, 2.75) is 0 Å². The van der Waals surface area contributed by atoms with Gasteiger partial charge in [-0.25, -0.2) is 0 Å². The zero-order valence-corrected chi connectivity index (χ0v) is 2.92. The molecule has 0 saturated heterocycles. The first-order valence-electron chi connectivity index (χ1n) is 0.705. The van der Waals surface area contributed by atoms with Crippen LogP contribution in [0.25, 0.3) is 0 Å². The van der Waals surface area contributed by atoms with Crippen LogP contribution in [0.5, 0.6) is 0 Å². The normalized spacial score (nSPS) is 10.8. The van der Waals surface area contributed by atoms with Crippen LogP contribution in [0.15, 0.2) is 0 Å². The van der Waals surface area contributed by atoms with E-state index < -0.39 is 7.66 Å². The third kappa shape index (κ3) is 70.2. The van der Waals surface area contributed by atoms with Gasteiger partial charge in [0.05, 0.1) is 0 Å². The average Bonchev–Trinajstić information content (AvgIpc) is 0.811. The standard InChI is InChI=1S/H4N3P/c1-4(2)3/h(H4,1,2,3). The molecule has 0 heterocycles. The molecule has 0 fully saturated rings. The Morgan fingerprint density at radius 1 is 1.50 bits per heavy atom. The van der Waals surface area contributed by atoms with Crippen molar-refractivity contribution in [1.29, 1.82) is 10.3 Å². The minimum Gasteiger partial charge on any atom is -0.260 e. The first kappa shape index (κ1) is 3.86. The molecular weight excluding hydrogens is 73.0 g/mol. The predicted octanol–water partition coefficient (Wildman–Crippen LogP) is 0.867. The molecule has 0 radical (unpaired) electrons. The second-order valence-electron chi connectivity index (χ2n) is 0.370. The molecule has 0 unspecified atom stereocenters. The highest BCUT2D eigenvalue weighted by Crippen LogP contribution is 1.80. The molecule has 0 spiro atoms. The van der Waals surface area contributed by atoms with E-state index in [1.165, 1.54) is 0 Å². The summed E-state index contributed by atoms with van der Waals surface area (Å²) in [5.74, 6) is 0. The van der Waals surface area contributed by atoms with Gasteiger partial charge < -0.3 is 0 Å². The number of hydrogen-bond acceptors (Lipinski definition) is 2. The van der Waals surface area contributed by atoms with Crippen molar-refractivity contribution >= 4 is 7.66 Å². The Bertz CT molecular complexity index is 51.7. The summed E-state index contributed by atoms with van der Waals surface area (Å²) >= 11 is 0. The maximum atomic E-state index is 6.09. The minimum atomic E-state index is -1.62. The lowest BCUT2D eigenvalue weighted by molar-refractivity contribution is 1.51. The van der Waals surface area contributed by atoms with E-state index in [2.05, 4.69) is 5.50 Å². The van der Waals surface area contributed by atoms with E-state index >= 15 is 0 Å². The summed E-state index contributed by atoms with van der Waals surface area (Å²) in [6, 6.07) is 0. The highest BCUT2D eigenvalue weighted by molar-refractivity contribution is 7.30. The van der Waals surface area contributed by atoms with Crippen LogP contribution in [0.3, 0.4) is 0 Å². The van der Waals surface area contributed by atoms with Gasteiger partial charge in [0.25, 0.3) is 0 Å². The fraction of sp³-hybridized carbons (Fsp3) is 0. The van der Waals surface area contributed by atoms with Crippen molar-refractivity contribution < 1.29 is 0 Å². The number of hydrogen-bond donors (Lipinski definition) is 3. The second-order valence-corrected chi connectivity index (χ2v) is 1.11. The smallest absolute Gasteiger partial charge is 0.126 e. The molecule has 24 valence electrons. The third-order valence-electron chi connectivity index (χ3n) is 0.